The van der Waals surface area contributed by atoms with Crippen molar-refractivity contribution in [3.8, 4) is 56.0 Å². The lowest BCUT2D eigenvalue weighted by Crippen LogP contribution is -1.94. The fourth-order valence-electron chi connectivity index (χ4n) is 5.52. The molecule has 1 heterocycles. The summed E-state index contributed by atoms with van der Waals surface area (Å²) in [7, 11) is 0. The van der Waals surface area contributed by atoms with E-state index in [1.54, 1.807) is 0 Å². The van der Waals surface area contributed by atoms with Crippen LogP contribution in [0.3, 0.4) is 0 Å². The second-order valence-electron chi connectivity index (χ2n) is 9.88. The molecule has 0 atom stereocenters. The smallest absolute Gasteiger partial charge is 0.142 e. The molecule has 1 heteroatoms. The van der Waals surface area contributed by atoms with Gasteiger partial charge in [-0.2, -0.15) is 0 Å². The third-order valence-corrected chi connectivity index (χ3v) is 7.44. The maximum atomic E-state index is 6.91. The van der Waals surface area contributed by atoms with Crippen molar-refractivity contribution in [3.05, 3.63) is 151 Å². The Bertz CT molecular complexity index is 1770. The van der Waals surface area contributed by atoms with Crippen LogP contribution in [0.1, 0.15) is 17.5 Å². The summed E-state index contributed by atoms with van der Waals surface area (Å²) >= 11 is 0. The van der Waals surface area contributed by atoms with Gasteiger partial charge >= 0.3 is 0 Å². The molecule has 1 aromatic heterocycles. The van der Waals surface area contributed by atoms with Crippen LogP contribution in [0.2, 0.25) is 0 Å². The zero-order chi connectivity index (χ0) is 26.0. The van der Waals surface area contributed by atoms with E-state index in [2.05, 4.69) is 133 Å². The van der Waals surface area contributed by atoms with E-state index in [4.69, 9.17) is 4.42 Å². The molecule has 0 spiro atoms. The number of furan rings is 1. The van der Waals surface area contributed by atoms with Gasteiger partial charge in [-0.1, -0.05) is 121 Å². The number of benzene rings is 4. The average molecular weight is 499 g/mol. The predicted molar refractivity (Wildman–Crippen MR) is 161 cm³/mol. The number of hydrogen-bond acceptors (Lipinski definition) is 1. The van der Waals surface area contributed by atoms with Crippen LogP contribution >= 0.6 is 0 Å². The molecule has 0 aliphatic heterocycles. The van der Waals surface area contributed by atoms with Crippen molar-refractivity contribution in [1.29, 1.82) is 0 Å². The summed E-state index contributed by atoms with van der Waals surface area (Å²) < 4.78 is 6.91. The Morgan fingerprint density at radius 3 is 2.03 bits per heavy atom. The quantitative estimate of drug-likeness (QED) is 0.230. The molecular formula is C38H26O. The molecule has 1 aliphatic rings. The molecule has 0 bridgehead atoms. The molecule has 6 aromatic rings. The van der Waals surface area contributed by atoms with Gasteiger partial charge in [-0.3, -0.25) is 0 Å². The molecule has 0 radical (unpaired) electrons. The van der Waals surface area contributed by atoms with Crippen LogP contribution in [0, 0.1) is 12.1 Å². The van der Waals surface area contributed by atoms with Crippen LogP contribution in [0.25, 0.3) is 62.1 Å². The predicted octanol–water partition coefficient (Wildman–Crippen LogP) is 10.2. The molecule has 0 amide bonds. The Kier molecular flexibility index (Phi) is 5.93. The third-order valence-electron chi connectivity index (χ3n) is 7.44. The van der Waals surface area contributed by atoms with Crippen LogP contribution < -0.4 is 0 Å². The minimum atomic E-state index is 0.924. The van der Waals surface area contributed by atoms with Crippen molar-refractivity contribution < 1.29 is 4.42 Å². The highest BCUT2D eigenvalue weighted by molar-refractivity contribution is 5.90. The molecule has 0 saturated carbocycles. The molecule has 7 rings (SSSR count). The summed E-state index contributed by atoms with van der Waals surface area (Å²) in [6.07, 6.45) is 6.44. The Labute approximate surface area is 229 Å². The molecule has 5 aromatic carbocycles. The normalized spacial score (nSPS) is 12.1. The van der Waals surface area contributed by atoms with E-state index >= 15 is 0 Å². The Morgan fingerprint density at radius 1 is 0.564 bits per heavy atom. The van der Waals surface area contributed by atoms with Gasteiger partial charge in [0.25, 0.3) is 0 Å². The first-order chi connectivity index (χ1) is 19.3. The summed E-state index contributed by atoms with van der Waals surface area (Å²) in [5.41, 5.74) is 11.5. The van der Waals surface area contributed by atoms with E-state index in [1.165, 1.54) is 33.4 Å². The summed E-state index contributed by atoms with van der Waals surface area (Å²) in [6.45, 7) is 0. The number of rotatable bonds is 5. The third kappa shape index (κ3) is 4.37. The lowest BCUT2D eigenvalue weighted by molar-refractivity contribution is 0.594. The minimum absolute atomic E-state index is 0.924. The van der Waals surface area contributed by atoms with E-state index in [0.717, 1.165) is 46.6 Å². The highest BCUT2D eigenvalue weighted by Crippen LogP contribution is 2.45. The monoisotopic (exact) mass is 498 g/mol. The van der Waals surface area contributed by atoms with Crippen LogP contribution in [-0.2, 0) is 6.42 Å². The van der Waals surface area contributed by atoms with E-state index in [-0.39, 0.29) is 0 Å². The fourth-order valence-corrected chi connectivity index (χ4v) is 5.52. The molecule has 0 unspecified atom stereocenters. The summed E-state index contributed by atoms with van der Waals surface area (Å²) in [6, 6.07) is 48.8. The highest BCUT2D eigenvalue weighted by Gasteiger charge is 2.25. The van der Waals surface area contributed by atoms with Crippen molar-refractivity contribution >= 4 is 6.08 Å². The second kappa shape index (κ2) is 10.0. The molecule has 1 aliphatic carbocycles. The Morgan fingerprint density at radius 2 is 1.28 bits per heavy atom. The molecule has 0 saturated heterocycles. The molecular weight excluding hydrogens is 472 g/mol. The summed E-state index contributed by atoms with van der Waals surface area (Å²) in [4.78, 5) is 0. The number of hydrogen-bond donors (Lipinski definition) is 0. The molecule has 1 nitrogen and oxygen atoms in total. The van der Waals surface area contributed by atoms with Crippen LogP contribution in [0.4, 0.5) is 0 Å². The zero-order valence-electron chi connectivity index (χ0n) is 21.5. The van der Waals surface area contributed by atoms with Gasteiger partial charge in [0, 0.05) is 33.4 Å². The van der Waals surface area contributed by atoms with Gasteiger partial charge in [0.2, 0.25) is 0 Å². The fraction of sp³-hybridized carbons (Fsp3) is 0.0526. The van der Waals surface area contributed by atoms with Gasteiger partial charge in [0.1, 0.15) is 11.5 Å². The van der Waals surface area contributed by atoms with Crippen LogP contribution in [0.5, 0.6) is 0 Å². The van der Waals surface area contributed by atoms with E-state index in [0.29, 0.717) is 0 Å². The lowest BCUT2D eigenvalue weighted by Gasteiger charge is -2.13. The summed E-state index contributed by atoms with van der Waals surface area (Å²) in [5.74, 6) is 1.87. The minimum Gasteiger partial charge on any atom is -0.455 e. The Hall–Kier alpha value is -5.06. The van der Waals surface area contributed by atoms with Gasteiger partial charge < -0.3 is 4.42 Å². The first-order valence-corrected chi connectivity index (χ1v) is 13.4. The van der Waals surface area contributed by atoms with Crippen LogP contribution in [0.15, 0.2) is 132 Å². The first kappa shape index (κ1) is 23.1. The highest BCUT2D eigenvalue weighted by atomic mass is 16.3. The van der Waals surface area contributed by atoms with Gasteiger partial charge in [-0.15, -0.1) is 0 Å². The van der Waals surface area contributed by atoms with Crippen molar-refractivity contribution in [2.45, 2.75) is 12.8 Å². The SMILES string of the molecule is c1cccc(-c2ccc(-c3ccccc3)cc2-c2oc(-c3cccc(-c4ccccc4)c3)c3c2CCC=C3)c#1. The van der Waals surface area contributed by atoms with Gasteiger partial charge in [-0.05, 0) is 59.4 Å². The maximum absolute atomic E-state index is 6.91. The second-order valence-corrected chi connectivity index (χ2v) is 9.88. The first-order valence-electron chi connectivity index (χ1n) is 13.4. The standard InChI is InChI=1S/C38H26O/c1-4-13-27(14-5-1)30-19-12-20-32(25-30)37-34-21-10-11-22-35(34)38(39-37)36-26-31(28-15-6-2-7-16-28)23-24-33(36)29-17-8-3-9-18-29/h1-8,10,12-17,19-21,23-26H,11,22H2. The van der Waals surface area contributed by atoms with Gasteiger partial charge in [-0.25, -0.2) is 0 Å². The van der Waals surface area contributed by atoms with E-state index < -0.39 is 0 Å². The molecule has 0 fully saturated rings. The van der Waals surface area contributed by atoms with E-state index in [9.17, 15) is 0 Å². The lowest BCUT2D eigenvalue weighted by atomic mass is 9.89. The van der Waals surface area contributed by atoms with Crippen molar-refractivity contribution in [2.75, 3.05) is 0 Å². The van der Waals surface area contributed by atoms with Crippen molar-refractivity contribution in [1.82, 2.24) is 0 Å². The number of allylic oxidation sites excluding steroid dienone is 1. The number of fused-ring (bicyclic) bond motifs is 1. The zero-order valence-corrected chi connectivity index (χ0v) is 21.5. The topological polar surface area (TPSA) is 13.1 Å². The summed E-state index contributed by atoms with van der Waals surface area (Å²) in [5, 5.41) is 0. The molecule has 184 valence electrons. The van der Waals surface area contributed by atoms with E-state index in [1.807, 2.05) is 12.1 Å². The molecule has 0 N–H and O–H groups in total. The largest absolute Gasteiger partial charge is 0.455 e. The van der Waals surface area contributed by atoms with Crippen molar-refractivity contribution in [2.24, 2.45) is 0 Å². The average Bonchev–Trinajstić information content (AvgIpc) is 3.42. The molecule has 39 heavy (non-hydrogen) atoms. The van der Waals surface area contributed by atoms with Gasteiger partial charge in [0.05, 0.1) is 0 Å². The van der Waals surface area contributed by atoms with Crippen LogP contribution in [-0.4, -0.2) is 0 Å². The van der Waals surface area contributed by atoms with Gasteiger partial charge in [0.15, 0.2) is 0 Å². The van der Waals surface area contributed by atoms with Crippen molar-refractivity contribution in [3.63, 3.8) is 0 Å². The maximum Gasteiger partial charge on any atom is 0.142 e. The Balaban J connectivity index is 1.44.